The van der Waals surface area contributed by atoms with Crippen LogP contribution in [-0.4, -0.2) is 173 Å². The van der Waals surface area contributed by atoms with Crippen molar-refractivity contribution in [2.24, 2.45) is 47.3 Å². The second-order valence-corrected chi connectivity index (χ2v) is 35.5. The van der Waals surface area contributed by atoms with Gasteiger partial charge in [-0.1, -0.05) is 265 Å². The molecule has 0 aliphatic heterocycles. The molecule has 0 aliphatic rings. The Balaban J connectivity index is -0.000000457. The predicted molar refractivity (Wildman–Crippen MR) is 427 cm³/mol. The molecule has 0 aliphatic carbocycles. The summed E-state index contributed by atoms with van der Waals surface area (Å²) in [4.78, 5) is 96.6. The quantitative estimate of drug-likeness (QED) is 0.0236. The van der Waals surface area contributed by atoms with Crippen molar-refractivity contribution in [1.29, 1.82) is 0 Å². The Morgan fingerprint density at radius 1 is 0.221 bits per heavy atom. The fourth-order valence-electron chi connectivity index (χ4n) is 11.3. The number of unbranched alkanes of at least 4 members (excludes halogenated alkanes) is 8. The van der Waals surface area contributed by atoms with Crippen molar-refractivity contribution in [2.75, 3.05) is 52.9 Å². The molecule has 0 fully saturated rings. The summed E-state index contributed by atoms with van der Waals surface area (Å²) in [5.74, 6) is -6.98. The van der Waals surface area contributed by atoms with E-state index in [1.807, 2.05) is 55.4 Å². The number of hydrogen-bond donors (Lipinski definition) is 0. The van der Waals surface area contributed by atoms with E-state index in [9.17, 15) is 90.2 Å². The molecule has 12 atom stereocenters. The van der Waals surface area contributed by atoms with Gasteiger partial charge in [0.1, 0.15) is 40.5 Å². The van der Waals surface area contributed by atoms with Crippen LogP contribution in [0.4, 0.5) is 0 Å². The monoisotopic (exact) mass is 1730 g/mol. The normalized spacial score (nSPS) is 14.8. The van der Waals surface area contributed by atoms with Gasteiger partial charge in [-0.15, -0.1) is 0 Å². The smallest absolute Gasteiger partial charge is 0.747 e. The molecule has 0 bridgehead atoms. The third-order valence-corrected chi connectivity index (χ3v) is 24.2. The van der Waals surface area contributed by atoms with E-state index in [1.54, 1.807) is 0 Å². The summed E-state index contributed by atoms with van der Waals surface area (Å²) in [5, 5.41) is -8.22. The molecule has 0 aromatic carbocycles. The van der Waals surface area contributed by atoms with E-state index < -0.39 is 135 Å². The Morgan fingerprint density at radius 3 is 0.434 bits per heavy atom. The Bertz CT molecular complexity index is 2580. The minimum atomic E-state index is -5.01. The van der Waals surface area contributed by atoms with Gasteiger partial charge in [0.15, 0.2) is 21.0 Å². The second-order valence-electron chi connectivity index (χ2n) is 29.3. The topological polar surface area (TPSA) is 439 Å². The number of esters is 8. The molecule has 0 saturated carbocycles. The van der Waals surface area contributed by atoms with Crippen LogP contribution in [0.25, 0.3) is 0 Å². The van der Waals surface area contributed by atoms with Gasteiger partial charge in [-0.25, -0.2) is 33.7 Å². The molecular formula is C80H148O28S4Ti. The van der Waals surface area contributed by atoms with Crippen LogP contribution < -0.4 is 0 Å². The summed E-state index contributed by atoms with van der Waals surface area (Å²) in [6.07, 6.45) is 26.3. The standard InChI is InChI=1S/4C20H38O7S.Ti/c4*1-5-9-11-16(7-3)14-26-19(21)13-18(28(23,24)25)20(22)27-15-17(8-4)12-10-6-2;/h4*16-18H,5-15H2,1-4H3,(H,23,24,25);/q;;;;+4/p-4. The van der Waals surface area contributed by atoms with E-state index in [-0.39, 0.29) is 122 Å². The second kappa shape index (κ2) is 71.1. The van der Waals surface area contributed by atoms with Crippen LogP contribution in [0.1, 0.15) is 342 Å². The predicted octanol–water partition coefficient (Wildman–Crippen LogP) is 15.2. The first-order chi connectivity index (χ1) is 52.8. The van der Waals surface area contributed by atoms with E-state index in [2.05, 4.69) is 55.4 Å². The van der Waals surface area contributed by atoms with E-state index >= 15 is 0 Å². The summed E-state index contributed by atoms with van der Waals surface area (Å²) in [7, 11) is -20.1. The third kappa shape index (κ3) is 62.0. The van der Waals surface area contributed by atoms with Crippen molar-refractivity contribution in [2.45, 2.75) is 363 Å². The summed E-state index contributed by atoms with van der Waals surface area (Å²) < 4.78 is 178. The van der Waals surface area contributed by atoms with Crippen molar-refractivity contribution in [3.8, 4) is 0 Å². The first kappa shape index (κ1) is 118. The van der Waals surface area contributed by atoms with Gasteiger partial charge in [0, 0.05) is 0 Å². The summed E-state index contributed by atoms with van der Waals surface area (Å²) in [6, 6.07) is 0. The van der Waals surface area contributed by atoms with Crippen molar-refractivity contribution in [1.82, 2.24) is 0 Å². The molecule has 664 valence electrons. The van der Waals surface area contributed by atoms with Gasteiger partial charge in [0.25, 0.3) is 0 Å². The largest absolute Gasteiger partial charge is 4.00 e. The van der Waals surface area contributed by atoms with E-state index in [1.165, 1.54) is 0 Å². The maximum Gasteiger partial charge on any atom is 4.00 e. The Labute approximate surface area is 696 Å². The molecule has 12 unspecified atom stereocenters. The fraction of sp³-hybridized carbons (Fsp3) is 0.900. The summed E-state index contributed by atoms with van der Waals surface area (Å²) in [5.41, 5.74) is 0. The van der Waals surface area contributed by atoms with Gasteiger partial charge in [-0.05, 0) is 98.7 Å². The molecule has 28 nitrogen and oxygen atoms in total. The number of carbonyl (C=O) groups excluding carboxylic acids is 8. The fourth-order valence-corrected chi connectivity index (χ4v) is 13.8. The Morgan fingerprint density at radius 2 is 0.336 bits per heavy atom. The maximum atomic E-state index is 12.1. The zero-order chi connectivity index (χ0) is 86.3. The van der Waals surface area contributed by atoms with Gasteiger partial charge >= 0.3 is 69.5 Å². The van der Waals surface area contributed by atoms with Gasteiger partial charge in [-0.3, -0.25) is 38.4 Å². The molecule has 0 rings (SSSR count). The van der Waals surface area contributed by atoms with Crippen molar-refractivity contribution in [3.05, 3.63) is 0 Å². The van der Waals surface area contributed by atoms with E-state index in [0.29, 0.717) is 0 Å². The molecule has 0 saturated heterocycles. The first-order valence-corrected chi connectivity index (χ1v) is 47.7. The van der Waals surface area contributed by atoms with Crippen LogP contribution in [0.2, 0.25) is 0 Å². The van der Waals surface area contributed by atoms with Gasteiger partial charge < -0.3 is 56.1 Å². The van der Waals surface area contributed by atoms with Crippen LogP contribution in [-0.2, 0) is 138 Å². The minimum Gasteiger partial charge on any atom is -0.747 e. The van der Waals surface area contributed by atoms with Crippen LogP contribution in [0.3, 0.4) is 0 Å². The number of ether oxygens (including phenoxy) is 8. The molecule has 0 radical (unpaired) electrons. The molecule has 0 aromatic rings. The molecule has 33 heteroatoms. The Hall–Kier alpha value is -3.89. The molecule has 0 aromatic heterocycles. The maximum absolute atomic E-state index is 12.1. The van der Waals surface area contributed by atoms with Gasteiger partial charge in [0.2, 0.25) is 0 Å². The number of hydrogen-bond acceptors (Lipinski definition) is 28. The van der Waals surface area contributed by atoms with Gasteiger partial charge in [-0.2, -0.15) is 0 Å². The van der Waals surface area contributed by atoms with E-state index in [0.717, 1.165) is 205 Å². The zero-order valence-electron chi connectivity index (χ0n) is 71.6. The average molecular weight is 1730 g/mol. The molecular weight excluding hydrogens is 1580 g/mol. The van der Waals surface area contributed by atoms with Crippen LogP contribution in [0.15, 0.2) is 0 Å². The van der Waals surface area contributed by atoms with Crippen molar-refractivity contribution >= 4 is 88.2 Å². The van der Waals surface area contributed by atoms with E-state index in [4.69, 9.17) is 37.9 Å². The Kier molecular flexibility index (Phi) is 74.0. The number of carbonyl (C=O) groups is 8. The van der Waals surface area contributed by atoms with Crippen LogP contribution in [0, 0.1) is 47.3 Å². The summed E-state index contributed by atoms with van der Waals surface area (Å²) in [6.45, 7) is 33.1. The van der Waals surface area contributed by atoms with Crippen molar-refractivity contribution < 1.29 is 150 Å². The minimum absolute atomic E-state index is 0. The SMILES string of the molecule is CCCCC(CC)COC(=O)CC(C(=O)OCC(CC)CCCC)S(=O)(=O)[O-].CCCCC(CC)COC(=O)CC(C(=O)OCC(CC)CCCC)S(=O)(=O)[O-].CCCCC(CC)COC(=O)CC(C(=O)OCC(CC)CCCC)S(=O)(=O)[O-].CCCCC(CC)COC(=O)CC(C(=O)OCC(CC)CCCC)S(=O)(=O)[O-].[Ti+4]. The molecule has 0 N–H and O–H groups in total. The third-order valence-electron chi connectivity index (χ3n) is 20.0. The zero-order valence-corrected chi connectivity index (χ0v) is 76.4. The first-order valence-electron chi connectivity index (χ1n) is 41.8. The number of rotatable bonds is 64. The molecule has 113 heavy (non-hydrogen) atoms. The summed E-state index contributed by atoms with van der Waals surface area (Å²) >= 11 is 0. The average Bonchev–Trinajstić information content (AvgIpc) is 0.871. The molecule has 0 heterocycles. The molecule has 0 spiro atoms. The van der Waals surface area contributed by atoms with Gasteiger partial charge in [0.05, 0.1) is 78.5 Å². The van der Waals surface area contributed by atoms with Crippen LogP contribution >= 0.6 is 0 Å². The molecule has 0 amide bonds. The van der Waals surface area contributed by atoms with Crippen molar-refractivity contribution in [3.63, 3.8) is 0 Å². The van der Waals surface area contributed by atoms with Crippen LogP contribution in [0.5, 0.6) is 0 Å².